The highest BCUT2D eigenvalue weighted by Gasteiger charge is 2.22. The van der Waals surface area contributed by atoms with Crippen molar-refractivity contribution in [3.63, 3.8) is 0 Å². The third-order valence-electron chi connectivity index (χ3n) is 4.70. The summed E-state index contributed by atoms with van der Waals surface area (Å²) in [7, 11) is 1.69. The molecule has 136 valence electrons. The highest BCUT2D eigenvalue weighted by molar-refractivity contribution is 5.90. The zero-order valence-corrected chi connectivity index (χ0v) is 16.1. The summed E-state index contributed by atoms with van der Waals surface area (Å²) < 4.78 is 5.33. The predicted molar refractivity (Wildman–Crippen MR) is 110 cm³/mol. The number of H-pyrrole nitrogens is 1. The SMILES string of the molecule is COc1ccc2cc(-c3nc(C(C)(C)C)[nH]c3-c3ccncc3)ccc2c1. The van der Waals surface area contributed by atoms with Gasteiger partial charge in [0.15, 0.2) is 0 Å². The fourth-order valence-electron chi connectivity index (χ4n) is 3.16. The van der Waals surface area contributed by atoms with Crippen LogP contribution in [0.15, 0.2) is 60.9 Å². The number of methoxy groups -OCH3 is 1. The van der Waals surface area contributed by atoms with Crippen molar-refractivity contribution in [2.45, 2.75) is 26.2 Å². The molecule has 4 heteroatoms. The minimum atomic E-state index is -0.0652. The normalized spacial score (nSPS) is 11.7. The minimum absolute atomic E-state index is 0.0652. The lowest BCUT2D eigenvalue weighted by Gasteiger charge is -2.14. The third kappa shape index (κ3) is 3.31. The van der Waals surface area contributed by atoms with Gasteiger partial charge >= 0.3 is 0 Å². The average Bonchev–Trinajstić information content (AvgIpc) is 3.14. The first-order valence-corrected chi connectivity index (χ1v) is 9.05. The van der Waals surface area contributed by atoms with Crippen LogP contribution in [-0.4, -0.2) is 22.1 Å². The van der Waals surface area contributed by atoms with Gasteiger partial charge in [-0.2, -0.15) is 0 Å². The Morgan fingerprint density at radius 2 is 1.56 bits per heavy atom. The molecule has 27 heavy (non-hydrogen) atoms. The lowest BCUT2D eigenvalue weighted by atomic mass is 9.96. The van der Waals surface area contributed by atoms with Gasteiger partial charge in [0, 0.05) is 28.9 Å². The predicted octanol–water partition coefficient (Wildman–Crippen LogP) is 5.60. The molecule has 0 amide bonds. The Balaban J connectivity index is 1.90. The van der Waals surface area contributed by atoms with Gasteiger partial charge in [0.25, 0.3) is 0 Å². The van der Waals surface area contributed by atoms with Crippen molar-refractivity contribution >= 4 is 10.8 Å². The summed E-state index contributed by atoms with van der Waals surface area (Å²) in [6.45, 7) is 6.50. The maximum absolute atomic E-state index is 5.33. The minimum Gasteiger partial charge on any atom is -0.497 e. The molecule has 0 atom stereocenters. The number of aromatic nitrogens is 3. The van der Waals surface area contributed by atoms with Gasteiger partial charge in [0.2, 0.25) is 0 Å². The Morgan fingerprint density at radius 1 is 0.852 bits per heavy atom. The van der Waals surface area contributed by atoms with Gasteiger partial charge in [0.05, 0.1) is 18.5 Å². The number of hydrogen-bond donors (Lipinski definition) is 1. The molecule has 4 rings (SSSR count). The number of aromatic amines is 1. The zero-order valence-electron chi connectivity index (χ0n) is 16.1. The van der Waals surface area contributed by atoms with E-state index in [4.69, 9.17) is 9.72 Å². The molecule has 0 bridgehead atoms. The standard InChI is InChI=1S/C23H23N3O/c1-23(2,3)22-25-20(15-9-11-24-12-10-15)21(26-22)18-6-5-17-14-19(27-4)8-7-16(17)13-18/h5-14H,1-4H3,(H,25,26). The summed E-state index contributed by atoms with van der Waals surface area (Å²) in [6, 6.07) is 16.6. The summed E-state index contributed by atoms with van der Waals surface area (Å²) in [4.78, 5) is 12.7. The molecule has 0 aliphatic carbocycles. The Morgan fingerprint density at radius 3 is 2.26 bits per heavy atom. The van der Waals surface area contributed by atoms with Crippen LogP contribution in [0.5, 0.6) is 5.75 Å². The van der Waals surface area contributed by atoms with Crippen LogP contribution in [0.3, 0.4) is 0 Å². The average molecular weight is 357 g/mol. The first kappa shape index (κ1) is 17.3. The second-order valence-corrected chi connectivity index (χ2v) is 7.72. The van der Waals surface area contributed by atoms with Gasteiger partial charge in [0.1, 0.15) is 11.6 Å². The number of rotatable bonds is 3. The molecule has 4 aromatic rings. The Bertz CT molecular complexity index is 1090. The number of pyridine rings is 1. The quantitative estimate of drug-likeness (QED) is 0.519. The first-order valence-electron chi connectivity index (χ1n) is 9.05. The second-order valence-electron chi connectivity index (χ2n) is 7.72. The lowest BCUT2D eigenvalue weighted by Crippen LogP contribution is -2.13. The van der Waals surface area contributed by atoms with Crippen molar-refractivity contribution < 1.29 is 4.74 Å². The molecule has 0 spiro atoms. The summed E-state index contributed by atoms with van der Waals surface area (Å²) in [5, 5.41) is 2.31. The van der Waals surface area contributed by atoms with Gasteiger partial charge < -0.3 is 9.72 Å². The molecule has 0 saturated heterocycles. The maximum atomic E-state index is 5.33. The van der Waals surface area contributed by atoms with E-state index < -0.39 is 0 Å². The molecule has 0 aliphatic rings. The highest BCUT2D eigenvalue weighted by Crippen LogP contribution is 2.35. The van der Waals surface area contributed by atoms with Crippen molar-refractivity contribution in [2.75, 3.05) is 7.11 Å². The van der Waals surface area contributed by atoms with E-state index in [-0.39, 0.29) is 5.41 Å². The molecule has 0 fully saturated rings. The van der Waals surface area contributed by atoms with E-state index in [1.165, 1.54) is 0 Å². The smallest absolute Gasteiger partial charge is 0.119 e. The van der Waals surface area contributed by atoms with Crippen LogP contribution in [0.2, 0.25) is 0 Å². The number of ether oxygens (including phenoxy) is 1. The maximum Gasteiger partial charge on any atom is 0.119 e. The summed E-state index contributed by atoms with van der Waals surface area (Å²) >= 11 is 0. The van der Waals surface area contributed by atoms with Gasteiger partial charge in [-0.05, 0) is 41.1 Å². The van der Waals surface area contributed by atoms with Crippen molar-refractivity contribution in [2.24, 2.45) is 0 Å². The van der Waals surface area contributed by atoms with Gasteiger partial charge in [-0.3, -0.25) is 4.98 Å². The zero-order chi connectivity index (χ0) is 19.0. The van der Waals surface area contributed by atoms with Crippen LogP contribution >= 0.6 is 0 Å². The Labute approximate surface area is 159 Å². The largest absolute Gasteiger partial charge is 0.497 e. The molecule has 0 unspecified atom stereocenters. The molecule has 2 aromatic heterocycles. The lowest BCUT2D eigenvalue weighted by molar-refractivity contribution is 0.415. The van der Waals surface area contributed by atoms with E-state index in [2.05, 4.69) is 55.0 Å². The summed E-state index contributed by atoms with van der Waals surface area (Å²) in [6.07, 6.45) is 3.62. The number of imidazole rings is 1. The van der Waals surface area contributed by atoms with Crippen LogP contribution in [0.4, 0.5) is 0 Å². The molecular weight excluding hydrogens is 334 g/mol. The third-order valence-corrected chi connectivity index (χ3v) is 4.70. The van der Waals surface area contributed by atoms with Crippen LogP contribution in [0.1, 0.15) is 26.6 Å². The Kier molecular flexibility index (Phi) is 4.19. The molecule has 2 heterocycles. The van der Waals surface area contributed by atoms with E-state index >= 15 is 0 Å². The fraction of sp³-hybridized carbons (Fsp3) is 0.217. The Hall–Kier alpha value is -3.14. The van der Waals surface area contributed by atoms with Crippen LogP contribution < -0.4 is 4.74 Å². The van der Waals surface area contributed by atoms with Crippen molar-refractivity contribution in [3.05, 3.63) is 66.7 Å². The van der Waals surface area contributed by atoms with E-state index in [1.807, 2.05) is 36.7 Å². The van der Waals surface area contributed by atoms with Crippen molar-refractivity contribution in [1.29, 1.82) is 0 Å². The van der Waals surface area contributed by atoms with Gasteiger partial charge in [-0.25, -0.2) is 4.98 Å². The number of fused-ring (bicyclic) bond motifs is 1. The van der Waals surface area contributed by atoms with E-state index in [9.17, 15) is 0 Å². The van der Waals surface area contributed by atoms with E-state index in [0.717, 1.165) is 44.9 Å². The monoisotopic (exact) mass is 357 g/mol. The molecular formula is C23H23N3O. The topological polar surface area (TPSA) is 50.8 Å². The summed E-state index contributed by atoms with van der Waals surface area (Å²) in [5.41, 5.74) is 4.09. The molecule has 4 nitrogen and oxygen atoms in total. The molecule has 2 aromatic carbocycles. The van der Waals surface area contributed by atoms with Crippen LogP contribution in [0, 0.1) is 0 Å². The number of benzene rings is 2. The highest BCUT2D eigenvalue weighted by atomic mass is 16.5. The van der Waals surface area contributed by atoms with Crippen molar-refractivity contribution in [3.8, 4) is 28.3 Å². The fourth-order valence-corrected chi connectivity index (χ4v) is 3.16. The van der Waals surface area contributed by atoms with Crippen molar-refractivity contribution in [1.82, 2.24) is 15.0 Å². The first-order chi connectivity index (χ1) is 13.0. The van der Waals surface area contributed by atoms with E-state index in [1.54, 1.807) is 7.11 Å². The van der Waals surface area contributed by atoms with E-state index in [0.29, 0.717) is 0 Å². The molecule has 0 radical (unpaired) electrons. The molecule has 0 saturated carbocycles. The van der Waals surface area contributed by atoms with Crippen LogP contribution in [0.25, 0.3) is 33.3 Å². The second kappa shape index (κ2) is 6.54. The number of nitrogens with zero attached hydrogens (tertiary/aromatic N) is 2. The summed E-state index contributed by atoms with van der Waals surface area (Å²) in [5.74, 6) is 1.83. The molecule has 0 aliphatic heterocycles. The van der Waals surface area contributed by atoms with Gasteiger partial charge in [-0.1, -0.05) is 39.0 Å². The number of hydrogen-bond acceptors (Lipinski definition) is 3. The molecule has 1 N–H and O–H groups in total. The van der Waals surface area contributed by atoms with Gasteiger partial charge in [-0.15, -0.1) is 0 Å². The number of nitrogens with one attached hydrogen (secondary N) is 1. The van der Waals surface area contributed by atoms with Crippen LogP contribution in [-0.2, 0) is 5.41 Å².